The minimum atomic E-state index is -0.653. The van der Waals surface area contributed by atoms with E-state index in [0.717, 1.165) is 58.5 Å². The predicted molar refractivity (Wildman–Crippen MR) is 191 cm³/mol. The molecule has 4 heterocycles. The number of hydrogen-bond donors (Lipinski definition) is 5. The van der Waals surface area contributed by atoms with E-state index in [4.69, 9.17) is 4.98 Å². The van der Waals surface area contributed by atoms with Crippen molar-refractivity contribution in [3.63, 3.8) is 0 Å². The molecule has 1 aliphatic heterocycles. The van der Waals surface area contributed by atoms with Crippen molar-refractivity contribution < 1.29 is 14.3 Å². The minimum Gasteiger partial charge on any atom is -0.505 e. The normalized spacial score (nSPS) is 17.7. The lowest BCUT2D eigenvalue weighted by Gasteiger charge is -2.33. The number of carbonyl (C=O) groups is 1. The van der Waals surface area contributed by atoms with Crippen LogP contribution in [-0.4, -0.2) is 96.8 Å². The molecule has 3 aromatic heterocycles. The molecule has 1 fully saturated rings. The number of nitrogens with zero attached hydrogens (tertiary/aromatic N) is 6. The Morgan fingerprint density at radius 2 is 1.94 bits per heavy atom. The fraction of sp³-hybridized carbons (Fsp3) is 0.432. The first-order valence-corrected chi connectivity index (χ1v) is 17.6. The van der Waals surface area contributed by atoms with Crippen molar-refractivity contribution >= 4 is 22.6 Å². The van der Waals surface area contributed by atoms with Gasteiger partial charge in [0.2, 0.25) is 0 Å². The monoisotopic (exact) mass is 680 g/mol. The van der Waals surface area contributed by atoms with Crippen LogP contribution in [0, 0.1) is 5.82 Å². The lowest BCUT2D eigenvalue weighted by atomic mass is 9.90. The Bertz CT molecular complexity index is 1960. The van der Waals surface area contributed by atoms with Gasteiger partial charge in [-0.25, -0.2) is 19.3 Å². The maximum absolute atomic E-state index is 14.2. The van der Waals surface area contributed by atoms with Crippen LogP contribution in [0.25, 0.3) is 33.5 Å². The van der Waals surface area contributed by atoms with E-state index >= 15 is 0 Å². The number of imidazole rings is 1. The van der Waals surface area contributed by atoms with Crippen LogP contribution in [0.15, 0.2) is 42.7 Å². The molecule has 0 radical (unpaired) electrons. The number of aromatic hydroxyl groups is 1. The van der Waals surface area contributed by atoms with Crippen molar-refractivity contribution in [2.75, 3.05) is 39.0 Å². The van der Waals surface area contributed by atoms with E-state index in [0.29, 0.717) is 61.0 Å². The molecule has 0 bridgehead atoms. The number of fused-ring (bicyclic) bond motifs is 2. The number of H-pyrrole nitrogens is 2. The number of phenolic OH excluding ortho intramolecular Hbond substituents is 1. The molecule has 1 aliphatic carbocycles. The van der Waals surface area contributed by atoms with E-state index < -0.39 is 5.82 Å². The molecule has 5 N–H and O–H groups in total. The largest absolute Gasteiger partial charge is 0.505 e. The first-order valence-electron chi connectivity index (χ1n) is 17.6. The predicted octanol–water partition coefficient (Wildman–Crippen LogP) is 5.28. The van der Waals surface area contributed by atoms with E-state index in [1.165, 1.54) is 37.8 Å². The van der Waals surface area contributed by atoms with Gasteiger partial charge in [0.05, 0.1) is 35.8 Å². The Hall–Kier alpha value is -4.88. The van der Waals surface area contributed by atoms with Gasteiger partial charge in [-0.15, -0.1) is 0 Å². The number of nitrogens with one attached hydrogen (secondary N) is 4. The van der Waals surface area contributed by atoms with Gasteiger partial charge in [0, 0.05) is 37.0 Å². The first kappa shape index (κ1) is 33.6. The van der Waals surface area contributed by atoms with Gasteiger partial charge in [0.1, 0.15) is 17.2 Å². The van der Waals surface area contributed by atoms with Crippen molar-refractivity contribution in [3.8, 4) is 28.4 Å². The number of aromatic amines is 2. The van der Waals surface area contributed by atoms with E-state index in [2.05, 4.69) is 54.8 Å². The fourth-order valence-electron chi connectivity index (χ4n) is 7.21. The molecule has 0 atom stereocenters. The molecule has 1 amide bonds. The second-order valence-corrected chi connectivity index (χ2v) is 13.6. The van der Waals surface area contributed by atoms with Crippen molar-refractivity contribution in [2.24, 2.45) is 0 Å². The summed E-state index contributed by atoms with van der Waals surface area (Å²) in [4.78, 5) is 34.6. The molecule has 12 nitrogen and oxygen atoms in total. The maximum Gasteiger partial charge on any atom is 0.274 e. The zero-order chi connectivity index (χ0) is 34.8. The average Bonchev–Trinajstić information content (AvgIpc) is 3.76. The summed E-state index contributed by atoms with van der Waals surface area (Å²) in [6.45, 7) is 4.61. The van der Waals surface area contributed by atoms with Gasteiger partial charge in [0.15, 0.2) is 17.4 Å². The SMILES string of the molecule is CCc1cc(O)c(F)cc1-c1ccc2c(-c3nc4c([nH]3)CN(C(=O)c3cnc(NCCCNC5CCC(N(C)C)CC5)cn3)CC4)n[nH]c2c1. The Morgan fingerprint density at radius 3 is 2.70 bits per heavy atom. The van der Waals surface area contributed by atoms with Gasteiger partial charge in [-0.2, -0.15) is 5.10 Å². The number of aromatic nitrogens is 6. The summed E-state index contributed by atoms with van der Waals surface area (Å²) in [5.41, 5.74) is 5.94. The van der Waals surface area contributed by atoms with E-state index in [1.54, 1.807) is 17.3 Å². The van der Waals surface area contributed by atoms with Gasteiger partial charge in [-0.1, -0.05) is 13.0 Å². The van der Waals surface area contributed by atoms with Gasteiger partial charge in [-0.05, 0) is 100 Å². The molecule has 50 heavy (non-hydrogen) atoms. The molecule has 13 heteroatoms. The third-order valence-corrected chi connectivity index (χ3v) is 10.2. The molecule has 0 spiro atoms. The van der Waals surface area contributed by atoms with Gasteiger partial charge >= 0.3 is 0 Å². The van der Waals surface area contributed by atoms with Crippen LogP contribution in [0.2, 0.25) is 0 Å². The quantitative estimate of drug-likeness (QED) is 0.117. The summed E-state index contributed by atoms with van der Waals surface area (Å²) in [5, 5.41) is 25.4. The molecule has 1 saturated carbocycles. The molecule has 0 unspecified atom stereocenters. The number of carbonyl (C=O) groups excluding carboxylic acids is 1. The summed E-state index contributed by atoms with van der Waals surface area (Å²) in [6, 6.07) is 9.96. The Kier molecular flexibility index (Phi) is 9.77. The second kappa shape index (κ2) is 14.5. The molecular weight excluding hydrogens is 635 g/mol. The van der Waals surface area contributed by atoms with Crippen molar-refractivity contribution in [2.45, 2.75) is 70.5 Å². The third kappa shape index (κ3) is 7.06. The molecule has 0 saturated heterocycles. The van der Waals surface area contributed by atoms with Crippen molar-refractivity contribution in [1.82, 2.24) is 45.2 Å². The lowest BCUT2D eigenvalue weighted by Crippen LogP contribution is -2.39. The van der Waals surface area contributed by atoms with Gasteiger partial charge in [0.25, 0.3) is 5.91 Å². The molecule has 5 aromatic rings. The fourth-order valence-corrected chi connectivity index (χ4v) is 7.21. The first-order chi connectivity index (χ1) is 24.3. The highest BCUT2D eigenvalue weighted by molar-refractivity contribution is 5.94. The van der Waals surface area contributed by atoms with Crippen LogP contribution in [-0.2, 0) is 19.4 Å². The molecule has 7 rings (SSSR count). The number of halogens is 1. The van der Waals surface area contributed by atoms with Crippen LogP contribution in [0.1, 0.15) is 66.5 Å². The lowest BCUT2D eigenvalue weighted by molar-refractivity contribution is 0.0725. The summed E-state index contributed by atoms with van der Waals surface area (Å²) < 4.78 is 14.2. The maximum atomic E-state index is 14.2. The van der Waals surface area contributed by atoms with Gasteiger partial charge in [-0.3, -0.25) is 9.89 Å². The van der Waals surface area contributed by atoms with Crippen LogP contribution in [0.3, 0.4) is 0 Å². The van der Waals surface area contributed by atoms with Crippen LogP contribution >= 0.6 is 0 Å². The van der Waals surface area contributed by atoms with E-state index in [-0.39, 0.29) is 11.7 Å². The topological polar surface area (TPSA) is 151 Å². The average molecular weight is 681 g/mol. The van der Waals surface area contributed by atoms with Crippen molar-refractivity contribution in [1.29, 1.82) is 0 Å². The number of aryl methyl sites for hydroxylation is 1. The summed E-state index contributed by atoms with van der Waals surface area (Å²) >= 11 is 0. The second-order valence-electron chi connectivity index (χ2n) is 13.6. The van der Waals surface area contributed by atoms with E-state index in [1.807, 2.05) is 25.1 Å². The number of hydrogen-bond acceptors (Lipinski definition) is 9. The third-order valence-electron chi connectivity index (χ3n) is 10.2. The molecular formula is C37H45FN10O2. The molecule has 262 valence electrons. The van der Waals surface area contributed by atoms with E-state index in [9.17, 15) is 14.3 Å². The van der Waals surface area contributed by atoms with Crippen molar-refractivity contribution in [3.05, 3.63) is 71.2 Å². The highest BCUT2D eigenvalue weighted by Gasteiger charge is 2.27. The smallest absolute Gasteiger partial charge is 0.274 e. The summed E-state index contributed by atoms with van der Waals surface area (Å²) in [7, 11) is 4.34. The highest BCUT2D eigenvalue weighted by Crippen LogP contribution is 2.34. The molecule has 2 aromatic carbocycles. The van der Waals surface area contributed by atoms with Crippen LogP contribution in [0.4, 0.5) is 10.2 Å². The van der Waals surface area contributed by atoms with Gasteiger partial charge < -0.3 is 30.5 Å². The van der Waals surface area contributed by atoms with Crippen LogP contribution < -0.4 is 10.6 Å². The number of amides is 1. The zero-order valence-corrected chi connectivity index (χ0v) is 28.9. The Morgan fingerprint density at radius 1 is 1.10 bits per heavy atom. The molecule has 2 aliphatic rings. The van der Waals surface area contributed by atoms with Crippen LogP contribution in [0.5, 0.6) is 5.75 Å². The minimum absolute atomic E-state index is 0.172. The number of rotatable bonds is 11. The highest BCUT2D eigenvalue weighted by atomic mass is 19.1. The summed E-state index contributed by atoms with van der Waals surface area (Å²) in [5.74, 6) is 0.105. The number of anilines is 1. The Balaban J connectivity index is 0.936. The Labute approximate surface area is 290 Å². The zero-order valence-electron chi connectivity index (χ0n) is 28.9. The number of phenols is 1. The standard InChI is InChI=1S/C37H45FN10O2/c1-4-22-17-33(49)28(38)18-27(22)23-6-11-26-30(16-23)45-46-35(26)36-43-29-12-15-48(21-32(29)44-36)37(50)31-19-42-34(20-41-31)40-14-5-13-39-24-7-9-25(10-8-24)47(2)3/h6,11,16-20,24-25,39,49H,4-5,7-10,12-15,21H2,1-3H3,(H,40,42)(H,43,44)(H,45,46). The summed E-state index contributed by atoms with van der Waals surface area (Å²) in [6.07, 6.45) is 10.4. The number of benzene rings is 2.